The molecule has 0 aliphatic rings. The number of hydrazone groups is 1. The monoisotopic (exact) mass is 145 g/mol. The molecule has 4 heteroatoms. The highest BCUT2D eigenvalue weighted by Gasteiger charge is 1.94. The van der Waals surface area contributed by atoms with Gasteiger partial charge in [-0.3, -0.25) is 0 Å². The Kier molecular flexibility index (Phi) is 3.96. The SMILES string of the molecule is CC=NN(C)C(=S)NC. The molecular weight excluding hydrogens is 134 g/mol. The summed E-state index contributed by atoms with van der Waals surface area (Å²) >= 11 is 4.84. The molecule has 0 amide bonds. The maximum absolute atomic E-state index is 4.84. The van der Waals surface area contributed by atoms with E-state index in [1.54, 1.807) is 25.3 Å². The second kappa shape index (κ2) is 4.26. The maximum Gasteiger partial charge on any atom is 0.189 e. The Morgan fingerprint density at radius 3 is 2.67 bits per heavy atom. The molecule has 0 fully saturated rings. The smallest absolute Gasteiger partial charge is 0.189 e. The lowest BCUT2D eigenvalue weighted by molar-refractivity contribution is 0.539. The third-order valence-electron chi connectivity index (χ3n) is 0.796. The van der Waals surface area contributed by atoms with Crippen LogP contribution in [0.3, 0.4) is 0 Å². The molecule has 0 rings (SSSR count). The van der Waals surface area contributed by atoms with Crippen LogP contribution in [0.1, 0.15) is 6.92 Å². The van der Waals surface area contributed by atoms with Crippen LogP contribution < -0.4 is 5.32 Å². The van der Waals surface area contributed by atoms with Gasteiger partial charge in [0, 0.05) is 20.3 Å². The highest BCUT2D eigenvalue weighted by molar-refractivity contribution is 7.80. The lowest BCUT2D eigenvalue weighted by atomic mass is 10.9. The minimum absolute atomic E-state index is 0.619. The topological polar surface area (TPSA) is 27.6 Å². The number of rotatable bonds is 1. The van der Waals surface area contributed by atoms with Crippen molar-refractivity contribution in [1.29, 1.82) is 0 Å². The van der Waals surface area contributed by atoms with Crippen molar-refractivity contribution in [1.82, 2.24) is 10.3 Å². The highest BCUT2D eigenvalue weighted by atomic mass is 32.1. The Hall–Kier alpha value is -0.640. The second-order valence-electron chi connectivity index (χ2n) is 1.45. The van der Waals surface area contributed by atoms with Crippen molar-refractivity contribution in [2.24, 2.45) is 5.10 Å². The lowest BCUT2D eigenvalue weighted by Gasteiger charge is -2.11. The van der Waals surface area contributed by atoms with Crippen LogP contribution in [0.25, 0.3) is 0 Å². The number of hydrogen-bond acceptors (Lipinski definition) is 2. The van der Waals surface area contributed by atoms with Crippen LogP contribution in [-0.4, -0.2) is 30.4 Å². The van der Waals surface area contributed by atoms with Gasteiger partial charge in [-0.15, -0.1) is 0 Å². The molecule has 0 saturated heterocycles. The Balaban J connectivity index is 3.72. The first-order valence-electron chi connectivity index (χ1n) is 2.66. The number of nitrogens with zero attached hydrogens (tertiary/aromatic N) is 2. The van der Waals surface area contributed by atoms with Crippen LogP contribution in [0.15, 0.2) is 5.10 Å². The van der Waals surface area contributed by atoms with E-state index in [2.05, 4.69) is 10.4 Å². The van der Waals surface area contributed by atoms with Gasteiger partial charge in [-0.2, -0.15) is 5.10 Å². The van der Waals surface area contributed by atoms with Crippen molar-refractivity contribution in [3.05, 3.63) is 0 Å². The lowest BCUT2D eigenvalue weighted by Crippen LogP contribution is -2.30. The van der Waals surface area contributed by atoms with E-state index in [4.69, 9.17) is 12.2 Å². The number of thiocarbonyl (C=S) groups is 1. The predicted octanol–water partition coefficient (Wildman–Crippen LogP) is 0.428. The van der Waals surface area contributed by atoms with E-state index < -0.39 is 0 Å². The van der Waals surface area contributed by atoms with Crippen LogP contribution in [0, 0.1) is 0 Å². The third kappa shape index (κ3) is 3.03. The Morgan fingerprint density at radius 1 is 1.78 bits per heavy atom. The van der Waals surface area contributed by atoms with Crippen molar-refractivity contribution in [2.45, 2.75) is 6.92 Å². The molecule has 0 heterocycles. The van der Waals surface area contributed by atoms with E-state index in [1.807, 2.05) is 6.92 Å². The minimum Gasteiger partial charge on any atom is -0.364 e. The summed E-state index contributed by atoms with van der Waals surface area (Å²) in [5.74, 6) is 0. The molecule has 0 aromatic heterocycles. The van der Waals surface area contributed by atoms with E-state index in [0.717, 1.165) is 0 Å². The Morgan fingerprint density at radius 2 is 2.33 bits per heavy atom. The number of hydrogen-bond donors (Lipinski definition) is 1. The zero-order chi connectivity index (χ0) is 7.28. The molecule has 0 aromatic carbocycles. The van der Waals surface area contributed by atoms with Crippen LogP contribution >= 0.6 is 12.2 Å². The third-order valence-corrected chi connectivity index (χ3v) is 1.26. The van der Waals surface area contributed by atoms with Crippen molar-refractivity contribution in [3.8, 4) is 0 Å². The van der Waals surface area contributed by atoms with Crippen molar-refractivity contribution < 1.29 is 0 Å². The summed E-state index contributed by atoms with van der Waals surface area (Å²) < 4.78 is 0. The van der Waals surface area contributed by atoms with Crippen LogP contribution in [0.5, 0.6) is 0 Å². The summed E-state index contributed by atoms with van der Waals surface area (Å²) in [4.78, 5) is 0. The first kappa shape index (κ1) is 8.36. The van der Waals surface area contributed by atoms with Crippen LogP contribution in [0.2, 0.25) is 0 Å². The van der Waals surface area contributed by atoms with Gasteiger partial charge in [0.1, 0.15) is 0 Å². The Bertz CT molecular complexity index is 121. The summed E-state index contributed by atoms with van der Waals surface area (Å²) in [6.07, 6.45) is 1.68. The Labute approximate surface area is 60.7 Å². The zero-order valence-electron chi connectivity index (χ0n) is 5.88. The first-order chi connectivity index (χ1) is 4.22. The molecule has 1 N–H and O–H groups in total. The van der Waals surface area contributed by atoms with Gasteiger partial charge < -0.3 is 5.32 Å². The van der Waals surface area contributed by atoms with Crippen molar-refractivity contribution in [3.63, 3.8) is 0 Å². The second-order valence-corrected chi connectivity index (χ2v) is 1.84. The molecule has 3 nitrogen and oxygen atoms in total. The van der Waals surface area contributed by atoms with Crippen molar-refractivity contribution >= 4 is 23.5 Å². The van der Waals surface area contributed by atoms with Gasteiger partial charge in [-0.25, -0.2) is 5.01 Å². The molecule has 0 unspecified atom stereocenters. The normalized spacial score (nSPS) is 9.67. The van der Waals surface area contributed by atoms with Crippen LogP contribution in [0.4, 0.5) is 0 Å². The van der Waals surface area contributed by atoms with Gasteiger partial charge in [0.15, 0.2) is 5.11 Å². The fraction of sp³-hybridized carbons (Fsp3) is 0.600. The first-order valence-corrected chi connectivity index (χ1v) is 3.07. The molecule has 0 atom stereocenters. The van der Waals surface area contributed by atoms with E-state index in [-0.39, 0.29) is 0 Å². The van der Waals surface area contributed by atoms with Crippen LogP contribution in [-0.2, 0) is 0 Å². The van der Waals surface area contributed by atoms with Gasteiger partial charge in [0.05, 0.1) is 0 Å². The molecule has 0 bridgehead atoms. The molecule has 0 spiro atoms. The summed E-state index contributed by atoms with van der Waals surface area (Å²) in [5.41, 5.74) is 0. The summed E-state index contributed by atoms with van der Waals surface area (Å²) in [7, 11) is 3.56. The molecule has 0 aliphatic heterocycles. The van der Waals surface area contributed by atoms with Gasteiger partial charge in [0.25, 0.3) is 0 Å². The van der Waals surface area contributed by atoms with E-state index in [9.17, 15) is 0 Å². The zero-order valence-corrected chi connectivity index (χ0v) is 6.70. The molecule has 0 saturated carbocycles. The predicted molar refractivity (Wildman–Crippen MR) is 43.6 cm³/mol. The average molecular weight is 145 g/mol. The van der Waals surface area contributed by atoms with Crippen molar-refractivity contribution in [2.75, 3.05) is 14.1 Å². The molecule has 52 valence electrons. The van der Waals surface area contributed by atoms with Gasteiger partial charge in [0.2, 0.25) is 0 Å². The molecular formula is C5H11N3S. The average Bonchev–Trinajstić information content (AvgIpc) is 1.87. The van der Waals surface area contributed by atoms with Gasteiger partial charge >= 0.3 is 0 Å². The number of nitrogens with one attached hydrogen (secondary N) is 1. The van der Waals surface area contributed by atoms with E-state index >= 15 is 0 Å². The highest BCUT2D eigenvalue weighted by Crippen LogP contribution is 1.81. The maximum atomic E-state index is 4.84. The minimum atomic E-state index is 0.619. The molecule has 9 heavy (non-hydrogen) atoms. The standard InChI is InChI=1S/C5H11N3S/c1-4-7-8(3)5(9)6-2/h4H,1-3H3,(H,6,9). The molecule has 0 radical (unpaired) electrons. The fourth-order valence-corrected chi connectivity index (χ4v) is 0.435. The molecule has 0 aromatic rings. The summed E-state index contributed by atoms with van der Waals surface area (Å²) in [6.45, 7) is 1.84. The quantitative estimate of drug-likeness (QED) is 0.329. The largest absolute Gasteiger partial charge is 0.364 e. The van der Waals surface area contributed by atoms with Gasteiger partial charge in [-0.05, 0) is 19.1 Å². The van der Waals surface area contributed by atoms with E-state index in [1.165, 1.54) is 0 Å². The fourth-order valence-electron chi connectivity index (χ4n) is 0.387. The van der Waals surface area contributed by atoms with E-state index in [0.29, 0.717) is 5.11 Å². The summed E-state index contributed by atoms with van der Waals surface area (Å²) in [6, 6.07) is 0. The summed E-state index contributed by atoms with van der Waals surface area (Å²) in [5, 5.41) is 8.90. The van der Waals surface area contributed by atoms with Gasteiger partial charge in [-0.1, -0.05) is 0 Å². The molecule has 0 aliphatic carbocycles.